The van der Waals surface area contributed by atoms with Gasteiger partial charge in [-0.05, 0) is 42.5 Å². The monoisotopic (exact) mass is 339 g/mol. The second-order valence-corrected chi connectivity index (χ2v) is 6.28. The minimum atomic E-state index is 0.845. The molecule has 0 amide bonds. The van der Waals surface area contributed by atoms with Crippen LogP contribution in [0.3, 0.4) is 0 Å². The van der Waals surface area contributed by atoms with Gasteiger partial charge in [-0.15, -0.1) is 0 Å². The molecule has 1 nitrogen and oxygen atoms in total. The van der Waals surface area contributed by atoms with E-state index in [1.54, 1.807) is 0 Å². The van der Waals surface area contributed by atoms with Crippen molar-refractivity contribution in [2.75, 3.05) is 5.32 Å². The predicted molar refractivity (Wildman–Crippen MR) is 94.9 cm³/mol. The minimum absolute atomic E-state index is 0.845. The molecule has 0 heterocycles. The van der Waals surface area contributed by atoms with Crippen LogP contribution in [0, 0.1) is 13.8 Å². The van der Waals surface area contributed by atoms with E-state index < -0.39 is 0 Å². The zero-order chi connectivity index (χ0) is 14.8. The number of rotatable bonds is 3. The molecule has 1 N–H and O–H groups in total. The van der Waals surface area contributed by atoms with E-state index in [4.69, 9.17) is 0 Å². The molecule has 0 aliphatic rings. The van der Waals surface area contributed by atoms with Gasteiger partial charge in [-0.3, -0.25) is 0 Å². The average molecular weight is 340 g/mol. The van der Waals surface area contributed by atoms with E-state index in [2.05, 4.69) is 89.7 Å². The van der Waals surface area contributed by atoms with Gasteiger partial charge in [-0.1, -0.05) is 64.0 Å². The molecule has 3 rings (SSSR count). The number of fused-ring (bicyclic) bond motifs is 1. The van der Waals surface area contributed by atoms with Crippen LogP contribution < -0.4 is 5.32 Å². The van der Waals surface area contributed by atoms with Gasteiger partial charge in [0, 0.05) is 22.1 Å². The molecule has 2 heteroatoms. The normalized spacial score (nSPS) is 10.8. The standard InChI is InChI=1S/C19H18BrN/c1-13-7-8-15(14(2)11-13)12-21-19-10-9-18(20)16-5-3-4-6-17(16)19/h3-11,21H,12H2,1-2H3. The van der Waals surface area contributed by atoms with Crippen molar-refractivity contribution >= 4 is 32.4 Å². The van der Waals surface area contributed by atoms with E-state index in [1.165, 1.54) is 33.2 Å². The third-order valence-corrected chi connectivity index (χ3v) is 4.53. The van der Waals surface area contributed by atoms with Crippen LogP contribution in [0.2, 0.25) is 0 Å². The Morgan fingerprint density at radius 1 is 0.905 bits per heavy atom. The van der Waals surface area contributed by atoms with Crippen LogP contribution in [0.5, 0.6) is 0 Å². The van der Waals surface area contributed by atoms with Crippen LogP contribution in [-0.2, 0) is 6.54 Å². The predicted octanol–water partition coefficient (Wildman–Crippen LogP) is 5.83. The van der Waals surface area contributed by atoms with Crippen molar-refractivity contribution in [1.29, 1.82) is 0 Å². The second kappa shape index (κ2) is 5.90. The number of aryl methyl sites for hydroxylation is 2. The van der Waals surface area contributed by atoms with E-state index in [0.717, 1.165) is 11.0 Å². The third-order valence-electron chi connectivity index (χ3n) is 3.84. The number of benzene rings is 3. The smallest absolute Gasteiger partial charge is 0.0423 e. The van der Waals surface area contributed by atoms with Crippen LogP contribution in [0.15, 0.2) is 59.1 Å². The summed E-state index contributed by atoms with van der Waals surface area (Å²) in [4.78, 5) is 0. The average Bonchev–Trinajstić information content (AvgIpc) is 2.48. The Kier molecular flexibility index (Phi) is 3.98. The van der Waals surface area contributed by atoms with Gasteiger partial charge in [0.2, 0.25) is 0 Å². The number of hydrogen-bond acceptors (Lipinski definition) is 1. The van der Waals surface area contributed by atoms with Gasteiger partial charge in [0.05, 0.1) is 0 Å². The third kappa shape index (κ3) is 2.96. The van der Waals surface area contributed by atoms with Crippen LogP contribution >= 0.6 is 15.9 Å². The van der Waals surface area contributed by atoms with Gasteiger partial charge in [0.1, 0.15) is 0 Å². The highest BCUT2D eigenvalue weighted by molar-refractivity contribution is 9.10. The summed E-state index contributed by atoms with van der Waals surface area (Å²) in [5.74, 6) is 0. The van der Waals surface area contributed by atoms with Crippen molar-refractivity contribution in [1.82, 2.24) is 0 Å². The van der Waals surface area contributed by atoms with E-state index in [1.807, 2.05) is 0 Å². The molecular formula is C19H18BrN. The SMILES string of the molecule is Cc1ccc(CNc2ccc(Br)c3ccccc23)c(C)c1. The van der Waals surface area contributed by atoms with Crippen molar-refractivity contribution in [3.8, 4) is 0 Å². The van der Waals surface area contributed by atoms with Gasteiger partial charge in [0.15, 0.2) is 0 Å². The Labute approximate surface area is 134 Å². The highest BCUT2D eigenvalue weighted by Crippen LogP contribution is 2.30. The molecule has 0 unspecified atom stereocenters. The maximum atomic E-state index is 3.62. The Morgan fingerprint density at radius 3 is 2.43 bits per heavy atom. The number of hydrogen-bond donors (Lipinski definition) is 1. The molecule has 21 heavy (non-hydrogen) atoms. The highest BCUT2D eigenvalue weighted by atomic mass is 79.9. The van der Waals surface area contributed by atoms with Crippen molar-refractivity contribution in [2.45, 2.75) is 20.4 Å². The summed E-state index contributed by atoms with van der Waals surface area (Å²) in [6.45, 7) is 5.15. The van der Waals surface area contributed by atoms with E-state index in [9.17, 15) is 0 Å². The molecule has 0 fully saturated rings. The van der Waals surface area contributed by atoms with Gasteiger partial charge < -0.3 is 5.32 Å². The molecule has 0 aliphatic heterocycles. The van der Waals surface area contributed by atoms with Gasteiger partial charge in [-0.2, -0.15) is 0 Å². The zero-order valence-electron chi connectivity index (χ0n) is 12.3. The molecule has 3 aromatic rings. The molecule has 3 aromatic carbocycles. The molecule has 0 spiro atoms. The topological polar surface area (TPSA) is 12.0 Å². The Hall–Kier alpha value is -1.80. The quantitative estimate of drug-likeness (QED) is 0.632. The summed E-state index contributed by atoms with van der Waals surface area (Å²) in [5, 5.41) is 6.06. The molecular weight excluding hydrogens is 322 g/mol. The van der Waals surface area contributed by atoms with E-state index in [0.29, 0.717) is 0 Å². The fraction of sp³-hybridized carbons (Fsp3) is 0.158. The molecule has 0 saturated carbocycles. The van der Waals surface area contributed by atoms with E-state index >= 15 is 0 Å². The van der Waals surface area contributed by atoms with Crippen molar-refractivity contribution in [2.24, 2.45) is 0 Å². The fourth-order valence-corrected chi connectivity index (χ4v) is 3.13. The molecule has 0 bridgehead atoms. The minimum Gasteiger partial charge on any atom is -0.380 e. The molecule has 0 atom stereocenters. The van der Waals surface area contributed by atoms with Crippen molar-refractivity contribution < 1.29 is 0 Å². The zero-order valence-corrected chi connectivity index (χ0v) is 13.9. The fourth-order valence-electron chi connectivity index (χ4n) is 2.65. The van der Waals surface area contributed by atoms with Crippen LogP contribution in [0.25, 0.3) is 10.8 Å². The Morgan fingerprint density at radius 2 is 1.67 bits per heavy atom. The summed E-state index contributed by atoms with van der Waals surface area (Å²) in [7, 11) is 0. The first-order chi connectivity index (χ1) is 10.1. The second-order valence-electron chi connectivity index (χ2n) is 5.42. The summed E-state index contributed by atoms with van der Waals surface area (Å²) >= 11 is 3.62. The first kappa shape index (κ1) is 14.2. The van der Waals surface area contributed by atoms with Gasteiger partial charge >= 0.3 is 0 Å². The Balaban J connectivity index is 1.90. The maximum Gasteiger partial charge on any atom is 0.0423 e. The van der Waals surface area contributed by atoms with Crippen LogP contribution in [0.1, 0.15) is 16.7 Å². The molecule has 0 saturated heterocycles. The highest BCUT2D eigenvalue weighted by Gasteiger charge is 2.04. The van der Waals surface area contributed by atoms with Crippen molar-refractivity contribution in [3.63, 3.8) is 0 Å². The van der Waals surface area contributed by atoms with Crippen LogP contribution in [-0.4, -0.2) is 0 Å². The van der Waals surface area contributed by atoms with E-state index in [-0.39, 0.29) is 0 Å². The lowest BCUT2D eigenvalue weighted by molar-refractivity contribution is 1.12. The first-order valence-electron chi connectivity index (χ1n) is 7.12. The lowest BCUT2D eigenvalue weighted by atomic mass is 10.0. The summed E-state index contributed by atoms with van der Waals surface area (Å²) in [6, 6.07) is 19.3. The number of nitrogens with one attached hydrogen (secondary N) is 1. The lowest BCUT2D eigenvalue weighted by Gasteiger charge is -2.13. The number of halogens is 1. The first-order valence-corrected chi connectivity index (χ1v) is 7.92. The molecule has 0 aliphatic carbocycles. The Bertz CT molecular complexity index is 793. The van der Waals surface area contributed by atoms with Crippen molar-refractivity contribution in [3.05, 3.63) is 75.8 Å². The maximum absolute atomic E-state index is 3.62. The summed E-state index contributed by atoms with van der Waals surface area (Å²) in [5.41, 5.74) is 5.16. The molecule has 106 valence electrons. The lowest BCUT2D eigenvalue weighted by Crippen LogP contribution is -2.02. The number of anilines is 1. The van der Waals surface area contributed by atoms with Gasteiger partial charge in [0.25, 0.3) is 0 Å². The molecule has 0 radical (unpaired) electrons. The van der Waals surface area contributed by atoms with Crippen LogP contribution in [0.4, 0.5) is 5.69 Å². The summed E-state index contributed by atoms with van der Waals surface area (Å²) in [6.07, 6.45) is 0. The summed E-state index contributed by atoms with van der Waals surface area (Å²) < 4.78 is 1.13. The largest absolute Gasteiger partial charge is 0.380 e. The van der Waals surface area contributed by atoms with Gasteiger partial charge in [-0.25, -0.2) is 0 Å². The molecule has 0 aromatic heterocycles.